The van der Waals surface area contributed by atoms with E-state index in [0.29, 0.717) is 5.75 Å². The highest BCUT2D eigenvalue weighted by molar-refractivity contribution is 8.13. The number of hydrogen-bond donors (Lipinski definition) is 0. The Kier molecular flexibility index (Phi) is 10.2. The number of allylic oxidation sites excluding steroid dienone is 6. The van der Waals surface area contributed by atoms with Gasteiger partial charge in [-0.2, -0.15) is 0 Å². The largest absolute Gasteiger partial charge is 0.599 e. The Hall–Kier alpha value is -2.07. The summed E-state index contributed by atoms with van der Waals surface area (Å²) in [5.41, 5.74) is 10.5. The van der Waals surface area contributed by atoms with Gasteiger partial charge in [0.2, 0.25) is 0 Å². The first-order chi connectivity index (χ1) is 16.4. The highest BCUT2D eigenvalue weighted by Gasteiger charge is 2.21. The SMILES string of the molecule is C/C=C(\C=N/CC)C(C[S+]([O-])Cl)c1ccc(CCc2cccc(C3=C(C)CCC=C3C)c2)cc1. The summed E-state index contributed by atoms with van der Waals surface area (Å²) >= 11 is 0. The number of nitrogens with zero attached hydrogens (tertiary/aromatic N) is 1. The zero-order valence-electron chi connectivity index (χ0n) is 20.8. The van der Waals surface area contributed by atoms with E-state index in [9.17, 15) is 4.55 Å². The van der Waals surface area contributed by atoms with E-state index in [1.807, 2.05) is 26.1 Å². The molecule has 34 heavy (non-hydrogen) atoms. The van der Waals surface area contributed by atoms with Crippen LogP contribution < -0.4 is 0 Å². The molecule has 1 aliphatic rings. The van der Waals surface area contributed by atoms with Crippen LogP contribution in [-0.4, -0.2) is 23.1 Å². The molecular formula is C30H36ClNOS. The Morgan fingerprint density at radius 1 is 1.12 bits per heavy atom. The van der Waals surface area contributed by atoms with Crippen molar-refractivity contribution in [1.82, 2.24) is 0 Å². The second kappa shape index (κ2) is 13.1. The average molecular weight is 494 g/mol. The number of rotatable bonds is 10. The predicted octanol–water partition coefficient (Wildman–Crippen LogP) is 8.01. The smallest absolute Gasteiger partial charge is 0.174 e. The molecule has 0 bridgehead atoms. The van der Waals surface area contributed by atoms with Crippen LogP contribution in [0.2, 0.25) is 0 Å². The molecule has 0 radical (unpaired) electrons. The van der Waals surface area contributed by atoms with Crippen LogP contribution >= 0.6 is 10.7 Å². The van der Waals surface area contributed by atoms with Gasteiger partial charge in [-0.1, -0.05) is 66.3 Å². The van der Waals surface area contributed by atoms with Crippen molar-refractivity contribution in [3.05, 3.63) is 99.7 Å². The third-order valence-corrected chi connectivity index (χ3v) is 7.52. The molecule has 2 nitrogen and oxygen atoms in total. The summed E-state index contributed by atoms with van der Waals surface area (Å²) in [6.45, 7) is 9.22. The molecule has 1 aliphatic carbocycles. The van der Waals surface area contributed by atoms with Gasteiger partial charge in [0.1, 0.15) is 5.75 Å². The normalized spacial score (nSPS) is 16.6. The van der Waals surface area contributed by atoms with Crippen molar-refractivity contribution in [2.24, 2.45) is 4.99 Å². The molecule has 2 aromatic carbocycles. The summed E-state index contributed by atoms with van der Waals surface area (Å²) in [4.78, 5) is 4.39. The molecule has 0 amide bonds. The minimum atomic E-state index is -1.41. The molecule has 0 saturated carbocycles. The standard InChI is InChI=1S/C30H36ClNOS/c1-5-26(20-32-6-2)29(21-34(31)33)27-17-15-24(16-18-27)13-14-25-11-8-12-28(19-25)30-22(3)9-7-10-23(30)4/h5,8-9,11-12,15-20,29H,6-7,10,13-14,21H2,1-4H3/b26-5+,32-20-. The topological polar surface area (TPSA) is 35.4 Å². The number of hydrogen-bond acceptors (Lipinski definition) is 2. The molecule has 2 atom stereocenters. The molecule has 0 aromatic heterocycles. The van der Waals surface area contributed by atoms with Gasteiger partial charge in [-0.05, 0) is 92.4 Å². The fraction of sp³-hybridized carbons (Fsp3) is 0.367. The van der Waals surface area contributed by atoms with E-state index in [1.54, 1.807) is 0 Å². The van der Waals surface area contributed by atoms with E-state index in [1.165, 1.54) is 33.4 Å². The highest BCUT2D eigenvalue weighted by atomic mass is 35.7. The predicted molar refractivity (Wildman–Crippen MR) is 150 cm³/mol. The first-order valence-electron chi connectivity index (χ1n) is 12.2. The van der Waals surface area contributed by atoms with Gasteiger partial charge in [0, 0.05) is 12.8 Å². The van der Waals surface area contributed by atoms with Gasteiger partial charge in [-0.25, -0.2) is 0 Å². The lowest BCUT2D eigenvalue weighted by atomic mass is 9.87. The quantitative estimate of drug-likeness (QED) is 0.244. The van der Waals surface area contributed by atoms with Crippen molar-refractivity contribution in [1.29, 1.82) is 0 Å². The van der Waals surface area contributed by atoms with Gasteiger partial charge in [0.15, 0.2) is 10.7 Å². The Morgan fingerprint density at radius 2 is 1.85 bits per heavy atom. The van der Waals surface area contributed by atoms with Crippen LogP contribution in [0.1, 0.15) is 68.7 Å². The Bertz CT molecular complexity index is 1080. The molecule has 0 N–H and O–H groups in total. The molecule has 4 heteroatoms. The van der Waals surface area contributed by atoms with E-state index >= 15 is 0 Å². The minimum absolute atomic E-state index is 0.0207. The van der Waals surface area contributed by atoms with Gasteiger partial charge in [0.25, 0.3) is 0 Å². The van der Waals surface area contributed by atoms with Crippen LogP contribution in [-0.2, 0) is 23.2 Å². The molecule has 0 spiro atoms. The molecule has 2 unspecified atom stereocenters. The maximum absolute atomic E-state index is 11.8. The van der Waals surface area contributed by atoms with E-state index < -0.39 is 10.4 Å². The summed E-state index contributed by atoms with van der Waals surface area (Å²) in [6.07, 6.45) is 10.6. The van der Waals surface area contributed by atoms with Gasteiger partial charge in [-0.3, -0.25) is 4.99 Å². The van der Waals surface area contributed by atoms with Crippen LogP contribution in [0.5, 0.6) is 0 Å². The van der Waals surface area contributed by atoms with E-state index in [2.05, 4.69) is 73.4 Å². The van der Waals surface area contributed by atoms with Gasteiger partial charge >= 0.3 is 0 Å². The number of halogens is 1. The minimum Gasteiger partial charge on any atom is -0.599 e. The van der Waals surface area contributed by atoms with Crippen LogP contribution in [0.15, 0.2) is 82.4 Å². The van der Waals surface area contributed by atoms with Crippen molar-refractivity contribution < 1.29 is 4.55 Å². The molecule has 180 valence electrons. The molecule has 0 heterocycles. The molecule has 0 fully saturated rings. The molecule has 2 aromatic rings. The van der Waals surface area contributed by atoms with Crippen LogP contribution in [0.3, 0.4) is 0 Å². The summed E-state index contributed by atoms with van der Waals surface area (Å²) in [5, 5.41) is 0. The third kappa shape index (κ3) is 7.21. The number of aryl methyl sites for hydroxylation is 2. The second-order valence-corrected chi connectivity index (χ2v) is 10.9. The number of benzene rings is 2. The van der Waals surface area contributed by atoms with Gasteiger partial charge in [0.05, 0.1) is 16.3 Å². The maximum atomic E-state index is 11.8. The Balaban J connectivity index is 1.72. The lowest BCUT2D eigenvalue weighted by Crippen LogP contribution is -2.14. The van der Waals surface area contributed by atoms with E-state index in [0.717, 1.165) is 43.4 Å². The maximum Gasteiger partial charge on any atom is 0.174 e. The number of aliphatic imine (C=N–C) groups is 1. The molecule has 3 rings (SSSR count). The van der Waals surface area contributed by atoms with Crippen LogP contribution in [0.25, 0.3) is 5.57 Å². The van der Waals surface area contributed by atoms with Crippen LogP contribution in [0, 0.1) is 0 Å². The first kappa shape index (κ1) is 26.5. The monoisotopic (exact) mass is 493 g/mol. The van der Waals surface area contributed by atoms with Crippen molar-refractivity contribution in [3.63, 3.8) is 0 Å². The summed E-state index contributed by atoms with van der Waals surface area (Å²) in [6, 6.07) is 17.7. The molecular weight excluding hydrogens is 458 g/mol. The van der Waals surface area contributed by atoms with Crippen molar-refractivity contribution in [2.75, 3.05) is 12.3 Å². The van der Waals surface area contributed by atoms with Crippen molar-refractivity contribution >= 4 is 32.9 Å². The lowest BCUT2D eigenvalue weighted by Gasteiger charge is -2.19. The first-order valence-corrected chi connectivity index (χ1v) is 14.3. The Labute approximate surface area is 213 Å². The average Bonchev–Trinajstić information content (AvgIpc) is 2.83. The van der Waals surface area contributed by atoms with Crippen molar-refractivity contribution in [3.8, 4) is 0 Å². The summed E-state index contributed by atoms with van der Waals surface area (Å²) in [7, 11) is 4.48. The Morgan fingerprint density at radius 3 is 2.50 bits per heavy atom. The zero-order chi connectivity index (χ0) is 24.5. The molecule has 0 saturated heterocycles. The third-order valence-electron chi connectivity index (χ3n) is 6.55. The van der Waals surface area contributed by atoms with Crippen molar-refractivity contribution in [2.45, 2.75) is 59.3 Å². The fourth-order valence-electron chi connectivity index (χ4n) is 4.71. The van der Waals surface area contributed by atoms with Gasteiger partial charge < -0.3 is 4.55 Å². The summed E-state index contributed by atoms with van der Waals surface area (Å²) in [5.74, 6) is 0.361. The fourth-order valence-corrected chi connectivity index (χ4v) is 5.73. The highest BCUT2D eigenvalue weighted by Crippen LogP contribution is 2.33. The van der Waals surface area contributed by atoms with E-state index in [-0.39, 0.29) is 5.92 Å². The van der Waals surface area contributed by atoms with E-state index in [4.69, 9.17) is 10.7 Å². The summed E-state index contributed by atoms with van der Waals surface area (Å²) < 4.78 is 11.8. The van der Waals surface area contributed by atoms with Crippen LogP contribution in [0.4, 0.5) is 0 Å². The van der Waals surface area contributed by atoms with Gasteiger partial charge in [-0.15, -0.1) is 0 Å². The molecule has 0 aliphatic heterocycles. The second-order valence-electron chi connectivity index (χ2n) is 8.95. The zero-order valence-corrected chi connectivity index (χ0v) is 22.4. The lowest BCUT2D eigenvalue weighted by molar-refractivity contribution is 0.605.